The Labute approximate surface area is 205 Å². The van der Waals surface area contributed by atoms with Gasteiger partial charge in [-0.05, 0) is 55.8 Å². The number of methoxy groups -OCH3 is 1. The Hall–Kier alpha value is -2.94. The lowest BCUT2D eigenvalue weighted by Crippen LogP contribution is -2.14. The van der Waals surface area contributed by atoms with Gasteiger partial charge in [0.2, 0.25) is 5.91 Å². The van der Waals surface area contributed by atoms with Gasteiger partial charge in [0, 0.05) is 10.7 Å². The molecule has 1 N–H and O–H groups in total. The lowest BCUT2D eigenvalue weighted by atomic mass is 10.2. The van der Waals surface area contributed by atoms with Crippen LogP contribution in [0.25, 0.3) is 21.1 Å². The van der Waals surface area contributed by atoms with E-state index in [1.807, 2.05) is 62.4 Å². The third-order valence-electron chi connectivity index (χ3n) is 4.81. The zero-order valence-electron chi connectivity index (χ0n) is 18.3. The summed E-state index contributed by atoms with van der Waals surface area (Å²) in [5.74, 6) is 0.865. The first kappa shape index (κ1) is 23.2. The molecule has 4 aromatic rings. The highest BCUT2D eigenvalue weighted by molar-refractivity contribution is 7.99. The Balaban J connectivity index is 1.42. The molecule has 0 bridgehead atoms. The molecule has 0 aliphatic heterocycles. The number of anilines is 1. The van der Waals surface area contributed by atoms with Crippen LogP contribution in [0.3, 0.4) is 0 Å². The van der Waals surface area contributed by atoms with Crippen molar-refractivity contribution in [2.24, 2.45) is 0 Å². The average molecular weight is 497 g/mol. The number of amides is 1. The minimum atomic E-state index is -0.134. The van der Waals surface area contributed by atoms with Gasteiger partial charge in [-0.1, -0.05) is 41.6 Å². The maximum Gasteiger partial charge on any atom is 0.234 e. The number of aromatic nitrogens is 3. The molecule has 1 amide bonds. The molecule has 2 heterocycles. The summed E-state index contributed by atoms with van der Waals surface area (Å²) in [7, 11) is 1.65. The van der Waals surface area contributed by atoms with E-state index in [0.717, 1.165) is 38.1 Å². The normalized spacial score (nSPS) is 10.8. The number of nitrogens with zero attached hydrogens (tertiary/aromatic N) is 3. The molecule has 0 fully saturated rings. The van der Waals surface area contributed by atoms with E-state index in [1.165, 1.54) is 11.8 Å². The molecule has 9 heteroatoms. The van der Waals surface area contributed by atoms with Crippen LogP contribution in [0.2, 0.25) is 5.02 Å². The molecule has 0 aliphatic carbocycles. The summed E-state index contributed by atoms with van der Waals surface area (Å²) in [4.78, 5) is 17.9. The van der Waals surface area contributed by atoms with Gasteiger partial charge in [-0.3, -0.25) is 4.79 Å². The van der Waals surface area contributed by atoms with E-state index in [2.05, 4.69) is 15.5 Å². The Morgan fingerprint density at radius 1 is 1.12 bits per heavy atom. The molecule has 0 atom stereocenters. The van der Waals surface area contributed by atoms with Crippen molar-refractivity contribution in [3.8, 4) is 26.9 Å². The van der Waals surface area contributed by atoms with Gasteiger partial charge in [0.05, 0.1) is 29.0 Å². The lowest BCUT2D eigenvalue weighted by Gasteiger charge is -2.06. The van der Waals surface area contributed by atoms with Crippen molar-refractivity contribution in [3.63, 3.8) is 0 Å². The summed E-state index contributed by atoms with van der Waals surface area (Å²) in [6, 6.07) is 17.0. The van der Waals surface area contributed by atoms with Crippen molar-refractivity contribution >= 4 is 46.3 Å². The zero-order valence-corrected chi connectivity index (χ0v) is 20.6. The monoisotopic (exact) mass is 496 g/mol. The predicted octanol–water partition coefficient (Wildman–Crippen LogP) is 6.28. The molecular weight excluding hydrogens is 476 g/mol. The van der Waals surface area contributed by atoms with Crippen molar-refractivity contribution in [1.82, 2.24) is 15.2 Å². The number of ether oxygens (including phenoxy) is 1. The summed E-state index contributed by atoms with van der Waals surface area (Å²) in [5, 5.41) is 13.6. The summed E-state index contributed by atoms with van der Waals surface area (Å²) < 4.78 is 5.46. The number of para-hydroxylation sites is 1. The van der Waals surface area contributed by atoms with Gasteiger partial charge in [0.1, 0.15) is 21.5 Å². The molecule has 6 nitrogen and oxygen atoms in total. The van der Waals surface area contributed by atoms with Crippen LogP contribution in [0.15, 0.2) is 59.6 Å². The van der Waals surface area contributed by atoms with Gasteiger partial charge in [-0.15, -0.1) is 21.5 Å². The fourth-order valence-corrected chi connectivity index (χ4v) is 4.95. The van der Waals surface area contributed by atoms with E-state index >= 15 is 0 Å². The molecule has 0 saturated carbocycles. The molecule has 0 radical (unpaired) electrons. The van der Waals surface area contributed by atoms with Gasteiger partial charge >= 0.3 is 0 Å². The third kappa shape index (κ3) is 5.52. The summed E-state index contributed by atoms with van der Waals surface area (Å²) in [6.07, 6.45) is 0. The minimum absolute atomic E-state index is 0.134. The number of carbonyl (C=O) groups is 1. The Morgan fingerprint density at radius 3 is 2.67 bits per heavy atom. The molecule has 2 aromatic carbocycles. The smallest absolute Gasteiger partial charge is 0.234 e. The number of thiazole rings is 1. The second kappa shape index (κ2) is 10.3. The van der Waals surface area contributed by atoms with Crippen LogP contribution in [0.4, 0.5) is 5.69 Å². The molecule has 168 valence electrons. The van der Waals surface area contributed by atoms with Crippen molar-refractivity contribution in [2.45, 2.75) is 18.9 Å². The number of nitrogens with one attached hydrogen (secondary N) is 1. The lowest BCUT2D eigenvalue weighted by molar-refractivity contribution is -0.113. The van der Waals surface area contributed by atoms with Crippen molar-refractivity contribution in [3.05, 3.63) is 70.9 Å². The van der Waals surface area contributed by atoms with E-state index in [-0.39, 0.29) is 11.7 Å². The first-order valence-electron chi connectivity index (χ1n) is 10.1. The van der Waals surface area contributed by atoms with Crippen LogP contribution >= 0.6 is 34.7 Å². The quantitative estimate of drug-likeness (QED) is 0.303. The number of aryl methyl sites for hydroxylation is 2. The van der Waals surface area contributed by atoms with E-state index in [0.29, 0.717) is 15.7 Å². The highest BCUT2D eigenvalue weighted by Gasteiger charge is 2.16. The molecular formula is C24H21ClN4O2S2. The van der Waals surface area contributed by atoms with Crippen molar-refractivity contribution in [2.75, 3.05) is 18.2 Å². The number of carbonyl (C=O) groups excluding carboxylic acids is 1. The van der Waals surface area contributed by atoms with Crippen molar-refractivity contribution in [1.29, 1.82) is 0 Å². The SMILES string of the molecule is COc1ccccc1-c1nc(C)c(-c2ccc(SCC(=O)Nc3ccc(C)c(Cl)c3)nn2)s1. The first-order chi connectivity index (χ1) is 15.9. The summed E-state index contributed by atoms with van der Waals surface area (Å²) in [5.41, 5.74) is 4.20. The van der Waals surface area contributed by atoms with Gasteiger partial charge in [-0.25, -0.2) is 4.98 Å². The van der Waals surface area contributed by atoms with Crippen LogP contribution in [-0.4, -0.2) is 34.0 Å². The first-order valence-corrected chi connectivity index (χ1v) is 12.3. The molecule has 0 aliphatic rings. The van der Waals surface area contributed by atoms with Crippen molar-refractivity contribution < 1.29 is 9.53 Å². The topological polar surface area (TPSA) is 77.0 Å². The number of benzene rings is 2. The largest absolute Gasteiger partial charge is 0.496 e. The fourth-order valence-electron chi connectivity index (χ4n) is 3.10. The fraction of sp³-hybridized carbons (Fsp3) is 0.167. The van der Waals surface area contributed by atoms with Gasteiger partial charge in [0.25, 0.3) is 0 Å². The number of hydrogen-bond donors (Lipinski definition) is 1. The number of halogens is 1. The van der Waals surface area contributed by atoms with E-state index in [9.17, 15) is 4.79 Å². The molecule has 0 unspecified atom stereocenters. The third-order valence-corrected chi connectivity index (χ3v) is 7.35. The molecule has 4 rings (SSSR count). The highest BCUT2D eigenvalue weighted by atomic mass is 35.5. The minimum Gasteiger partial charge on any atom is -0.496 e. The van der Waals surface area contributed by atoms with Crippen LogP contribution in [-0.2, 0) is 4.79 Å². The Kier molecular flexibility index (Phi) is 7.27. The van der Waals surface area contributed by atoms with E-state index < -0.39 is 0 Å². The van der Waals surface area contributed by atoms with Gasteiger partial charge in [-0.2, -0.15) is 0 Å². The van der Waals surface area contributed by atoms with E-state index in [4.69, 9.17) is 21.3 Å². The summed E-state index contributed by atoms with van der Waals surface area (Å²) in [6.45, 7) is 3.87. The Morgan fingerprint density at radius 2 is 1.94 bits per heavy atom. The van der Waals surface area contributed by atoms with Crippen LogP contribution < -0.4 is 10.1 Å². The molecule has 0 spiro atoms. The van der Waals surface area contributed by atoms with Crippen LogP contribution in [0, 0.1) is 13.8 Å². The van der Waals surface area contributed by atoms with Gasteiger partial charge < -0.3 is 10.1 Å². The highest BCUT2D eigenvalue weighted by Crippen LogP contribution is 2.38. The zero-order chi connectivity index (χ0) is 23.4. The number of thioether (sulfide) groups is 1. The number of hydrogen-bond acceptors (Lipinski definition) is 7. The Bertz CT molecular complexity index is 1290. The maximum absolute atomic E-state index is 12.3. The molecule has 33 heavy (non-hydrogen) atoms. The molecule has 2 aromatic heterocycles. The maximum atomic E-state index is 12.3. The van der Waals surface area contributed by atoms with Crippen LogP contribution in [0.1, 0.15) is 11.3 Å². The standard InChI is InChI=1S/C24H21ClN4O2S2/c1-14-8-9-16(12-18(14)25)27-21(30)13-32-22-11-10-19(28-29-22)23-15(2)26-24(33-23)17-6-4-5-7-20(17)31-3/h4-12H,13H2,1-3H3,(H,27,30). The molecule has 0 saturated heterocycles. The second-order valence-corrected chi connectivity index (χ2v) is 9.59. The van der Waals surface area contributed by atoms with Gasteiger partial charge in [0.15, 0.2) is 0 Å². The predicted molar refractivity (Wildman–Crippen MR) is 135 cm³/mol. The van der Waals surface area contributed by atoms with E-state index in [1.54, 1.807) is 24.5 Å². The number of rotatable bonds is 7. The average Bonchev–Trinajstić information content (AvgIpc) is 3.21. The second-order valence-electron chi connectivity index (χ2n) is 7.19. The summed E-state index contributed by atoms with van der Waals surface area (Å²) >= 11 is 8.98. The van der Waals surface area contributed by atoms with Crippen LogP contribution in [0.5, 0.6) is 5.75 Å².